The number of nitriles is 1. The fourth-order valence-corrected chi connectivity index (χ4v) is 4.13. The molecule has 0 unspecified atom stereocenters. The van der Waals surface area contributed by atoms with Gasteiger partial charge in [-0.3, -0.25) is 9.59 Å². The monoisotopic (exact) mass is 441 g/mol. The van der Waals surface area contributed by atoms with Crippen LogP contribution in [-0.2, 0) is 9.59 Å². The van der Waals surface area contributed by atoms with E-state index in [9.17, 15) is 14.9 Å². The summed E-state index contributed by atoms with van der Waals surface area (Å²) in [7, 11) is 0. The molecule has 0 aliphatic carbocycles. The molecule has 2 aromatic rings. The van der Waals surface area contributed by atoms with Gasteiger partial charge in [0.1, 0.15) is 5.75 Å². The summed E-state index contributed by atoms with van der Waals surface area (Å²) in [5, 5.41) is 16.0. The minimum atomic E-state index is -0.367. The fraction of sp³-hybridized carbons (Fsp3) is 0.227. The topological polar surface area (TPSA) is 91.2 Å². The third-order valence-corrected chi connectivity index (χ3v) is 5.79. The highest BCUT2D eigenvalue weighted by Gasteiger charge is 2.30. The summed E-state index contributed by atoms with van der Waals surface area (Å²) >= 11 is 7.18. The summed E-state index contributed by atoms with van der Waals surface area (Å²) in [6.07, 6.45) is 0.173. The molecule has 0 radical (unpaired) electrons. The number of allylic oxidation sites excluding steroid dienone is 1. The van der Waals surface area contributed by atoms with Crippen molar-refractivity contribution in [3.8, 4) is 11.8 Å². The minimum Gasteiger partial charge on any atom is -0.494 e. The first-order valence-electron chi connectivity index (χ1n) is 9.35. The van der Waals surface area contributed by atoms with Crippen LogP contribution < -0.4 is 15.4 Å². The van der Waals surface area contributed by atoms with Gasteiger partial charge in [-0.1, -0.05) is 47.6 Å². The van der Waals surface area contributed by atoms with E-state index in [4.69, 9.17) is 16.3 Å². The van der Waals surface area contributed by atoms with E-state index >= 15 is 0 Å². The number of carbonyl (C=O) groups excluding carboxylic acids is 2. The summed E-state index contributed by atoms with van der Waals surface area (Å²) in [4.78, 5) is 24.6. The number of amides is 2. The largest absolute Gasteiger partial charge is 0.494 e. The van der Waals surface area contributed by atoms with Crippen LogP contribution in [0, 0.1) is 11.3 Å². The van der Waals surface area contributed by atoms with Crippen LogP contribution in [-0.4, -0.2) is 24.2 Å². The van der Waals surface area contributed by atoms with E-state index < -0.39 is 0 Å². The Morgan fingerprint density at radius 3 is 2.70 bits per heavy atom. The second-order valence-electron chi connectivity index (χ2n) is 6.48. The van der Waals surface area contributed by atoms with E-state index in [0.717, 1.165) is 23.1 Å². The maximum Gasteiger partial charge on any atom is 0.234 e. The Balaban J connectivity index is 1.74. The lowest BCUT2D eigenvalue weighted by molar-refractivity contribution is -0.121. The third kappa shape index (κ3) is 5.35. The number of para-hydroxylation sites is 1. The van der Waals surface area contributed by atoms with E-state index in [-0.39, 0.29) is 29.9 Å². The predicted octanol–water partition coefficient (Wildman–Crippen LogP) is 4.45. The summed E-state index contributed by atoms with van der Waals surface area (Å²) in [5.41, 5.74) is 1.80. The molecule has 0 spiro atoms. The van der Waals surface area contributed by atoms with E-state index in [1.165, 1.54) is 0 Å². The van der Waals surface area contributed by atoms with Crippen molar-refractivity contribution in [3.05, 3.63) is 69.7 Å². The molecule has 0 fully saturated rings. The van der Waals surface area contributed by atoms with Gasteiger partial charge in [0.05, 0.1) is 39.7 Å². The number of anilines is 1. The van der Waals surface area contributed by atoms with Crippen LogP contribution in [0.25, 0.3) is 0 Å². The Morgan fingerprint density at radius 1 is 1.30 bits per heavy atom. The number of benzene rings is 2. The van der Waals surface area contributed by atoms with Gasteiger partial charge in [-0.15, -0.1) is 0 Å². The van der Waals surface area contributed by atoms with Gasteiger partial charge < -0.3 is 15.4 Å². The summed E-state index contributed by atoms with van der Waals surface area (Å²) < 4.78 is 5.45. The van der Waals surface area contributed by atoms with Crippen molar-refractivity contribution >= 4 is 40.9 Å². The molecule has 2 N–H and O–H groups in total. The molecule has 6 nitrogen and oxygen atoms in total. The number of hydrogen-bond acceptors (Lipinski definition) is 5. The Morgan fingerprint density at radius 2 is 2.03 bits per heavy atom. The molecule has 0 aromatic heterocycles. The Kier molecular flexibility index (Phi) is 7.39. The molecule has 1 heterocycles. The quantitative estimate of drug-likeness (QED) is 0.662. The second-order valence-corrected chi connectivity index (χ2v) is 7.87. The lowest BCUT2D eigenvalue weighted by Gasteiger charge is -2.25. The maximum atomic E-state index is 12.3. The van der Waals surface area contributed by atoms with Crippen LogP contribution in [0.4, 0.5) is 5.69 Å². The highest BCUT2D eigenvalue weighted by Crippen LogP contribution is 2.36. The van der Waals surface area contributed by atoms with Crippen LogP contribution in [0.1, 0.15) is 24.8 Å². The standard InChI is InChI=1S/C22H20ClN3O3S/c1-2-29-15-9-7-14(8-10-15)16-11-20(27)26-22(17(16)12-24)30-13-21(28)25-19-6-4-3-5-18(19)23/h3-10,16H,2,11,13H2,1H3,(H,25,28)(H,26,27)/t16-/m0/s1. The molecule has 154 valence electrons. The number of hydrogen-bond donors (Lipinski definition) is 2. The molecule has 0 saturated heterocycles. The normalized spacial score (nSPS) is 15.9. The maximum absolute atomic E-state index is 12.3. The lowest BCUT2D eigenvalue weighted by atomic mass is 9.87. The number of thioether (sulfide) groups is 1. The average Bonchev–Trinajstić information content (AvgIpc) is 2.74. The van der Waals surface area contributed by atoms with Gasteiger partial charge in [0.25, 0.3) is 0 Å². The zero-order valence-corrected chi connectivity index (χ0v) is 17.8. The first-order valence-corrected chi connectivity index (χ1v) is 10.7. The van der Waals surface area contributed by atoms with Crippen LogP contribution in [0.2, 0.25) is 5.02 Å². The smallest absolute Gasteiger partial charge is 0.234 e. The minimum absolute atomic E-state index is 0.0298. The van der Waals surface area contributed by atoms with Gasteiger partial charge in [-0.2, -0.15) is 5.26 Å². The summed E-state index contributed by atoms with van der Waals surface area (Å²) in [6.45, 7) is 2.47. The first kappa shape index (κ1) is 21.8. The molecule has 0 saturated carbocycles. The predicted molar refractivity (Wildman–Crippen MR) is 118 cm³/mol. The Hall–Kier alpha value is -2.95. The number of nitrogens with zero attached hydrogens (tertiary/aromatic N) is 1. The molecule has 8 heteroatoms. The molecular weight excluding hydrogens is 422 g/mol. The van der Waals surface area contributed by atoms with Gasteiger partial charge in [0, 0.05) is 12.3 Å². The van der Waals surface area contributed by atoms with Crippen molar-refractivity contribution in [2.75, 3.05) is 17.7 Å². The van der Waals surface area contributed by atoms with Crippen molar-refractivity contribution in [3.63, 3.8) is 0 Å². The Labute approximate surface area is 184 Å². The molecule has 2 aromatic carbocycles. The van der Waals surface area contributed by atoms with E-state index in [0.29, 0.717) is 27.9 Å². The number of halogens is 1. The van der Waals surface area contributed by atoms with Crippen LogP contribution in [0.5, 0.6) is 5.75 Å². The number of carbonyl (C=O) groups is 2. The molecule has 3 rings (SSSR count). The van der Waals surface area contributed by atoms with Gasteiger partial charge in [-0.05, 0) is 36.8 Å². The SMILES string of the molecule is CCOc1ccc([C@@H]2CC(=O)NC(SCC(=O)Nc3ccccc3Cl)=C2C#N)cc1. The van der Waals surface area contributed by atoms with Crippen LogP contribution in [0.15, 0.2) is 59.1 Å². The van der Waals surface area contributed by atoms with Gasteiger partial charge in [0.15, 0.2) is 0 Å². The molecule has 2 amide bonds. The first-order chi connectivity index (χ1) is 14.5. The molecule has 1 aliphatic heterocycles. The summed E-state index contributed by atoms with van der Waals surface area (Å²) in [5.74, 6) is -0.0808. The zero-order chi connectivity index (χ0) is 21.5. The van der Waals surface area contributed by atoms with Crippen molar-refractivity contribution in [1.82, 2.24) is 5.32 Å². The highest BCUT2D eigenvalue weighted by molar-refractivity contribution is 8.03. The van der Waals surface area contributed by atoms with Crippen LogP contribution >= 0.6 is 23.4 Å². The Bertz CT molecular complexity index is 1020. The lowest BCUT2D eigenvalue weighted by Crippen LogP contribution is -2.31. The number of ether oxygens (including phenoxy) is 1. The molecule has 1 atom stereocenters. The number of rotatable bonds is 7. The highest BCUT2D eigenvalue weighted by atomic mass is 35.5. The van der Waals surface area contributed by atoms with Crippen molar-refractivity contribution < 1.29 is 14.3 Å². The second kappa shape index (κ2) is 10.2. The average molecular weight is 442 g/mol. The van der Waals surface area contributed by atoms with E-state index in [1.807, 2.05) is 31.2 Å². The molecular formula is C22H20ClN3O3S. The van der Waals surface area contributed by atoms with Gasteiger partial charge >= 0.3 is 0 Å². The molecule has 30 heavy (non-hydrogen) atoms. The molecule has 1 aliphatic rings. The summed E-state index contributed by atoms with van der Waals surface area (Å²) in [6, 6.07) is 16.5. The van der Waals surface area contributed by atoms with Crippen molar-refractivity contribution in [2.24, 2.45) is 0 Å². The van der Waals surface area contributed by atoms with Crippen molar-refractivity contribution in [2.45, 2.75) is 19.3 Å². The molecule has 0 bridgehead atoms. The van der Waals surface area contributed by atoms with Gasteiger partial charge in [0.2, 0.25) is 11.8 Å². The van der Waals surface area contributed by atoms with E-state index in [1.54, 1.807) is 24.3 Å². The van der Waals surface area contributed by atoms with E-state index in [2.05, 4.69) is 16.7 Å². The van der Waals surface area contributed by atoms with Crippen molar-refractivity contribution in [1.29, 1.82) is 5.26 Å². The third-order valence-electron chi connectivity index (χ3n) is 4.45. The fourth-order valence-electron chi connectivity index (χ4n) is 3.07. The van der Waals surface area contributed by atoms with Gasteiger partial charge in [-0.25, -0.2) is 0 Å². The number of nitrogens with one attached hydrogen (secondary N) is 2. The van der Waals surface area contributed by atoms with Crippen LogP contribution in [0.3, 0.4) is 0 Å². The zero-order valence-electron chi connectivity index (χ0n) is 16.3.